The topological polar surface area (TPSA) is 66.4 Å². The van der Waals surface area contributed by atoms with Crippen molar-refractivity contribution in [2.45, 2.75) is 19.8 Å². The van der Waals surface area contributed by atoms with Gasteiger partial charge in [0.1, 0.15) is 11.6 Å². The molecule has 0 saturated heterocycles. The second kappa shape index (κ2) is 6.82. The number of nitrogens with one attached hydrogen (secondary N) is 1. The van der Waals surface area contributed by atoms with Crippen LogP contribution in [-0.2, 0) is 4.79 Å². The molecule has 1 aromatic carbocycles. The molecule has 0 spiro atoms. The van der Waals surface area contributed by atoms with Crippen LogP contribution in [-0.4, -0.2) is 23.5 Å². The Balaban J connectivity index is 2.48. The molecule has 1 rings (SSSR count). The van der Waals surface area contributed by atoms with E-state index in [0.29, 0.717) is 12.5 Å². The molecule has 1 aromatic rings. The highest BCUT2D eigenvalue weighted by Crippen LogP contribution is 2.09. The van der Waals surface area contributed by atoms with Gasteiger partial charge in [0.25, 0.3) is 5.91 Å². The van der Waals surface area contributed by atoms with Crippen molar-refractivity contribution in [1.29, 1.82) is 0 Å². The fraction of sp³-hybridized carbons (Fsp3) is 0.385. The lowest BCUT2D eigenvalue weighted by atomic mass is 10.1. The molecule has 1 unspecified atom stereocenters. The van der Waals surface area contributed by atoms with E-state index in [9.17, 15) is 18.4 Å². The van der Waals surface area contributed by atoms with Gasteiger partial charge in [0.05, 0.1) is 0 Å². The van der Waals surface area contributed by atoms with Crippen LogP contribution < -0.4 is 5.32 Å². The van der Waals surface area contributed by atoms with Crippen molar-refractivity contribution in [3.63, 3.8) is 0 Å². The van der Waals surface area contributed by atoms with E-state index in [1.165, 1.54) is 0 Å². The van der Waals surface area contributed by atoms with Crippen molar-refractivity contribution in [3.8, 4) is 0 Å². The number of rotatable bonds is 6. The molecule has 1 atom stereocenters. The van der Waals surface area contributed by atoms with Crippen LogP contribution in [0.5, 0.6) is 0 Å². The maximum Gasteiger partial charge on any atom is 0.303 e. The first kappa shape index (κ1) is 15.1. The molecule has 0 bridgehead atoms. The second-order valence-corrected chi connectivity index (χ2v) is 4.41. The summed E-state index contributed by atoms with van der Waals surface area (Å²) in [5.41, 5.74) is -0.0945. The highest BCUT2D eigenvalue weighted by Gasteiger charge is 2.11. The summed E-state index contributed by atoms with van der Waals surface area (Å²) in [7, 11) is 0. The third-order valence-corrected chi connectivity index (χ3v) is 2.59. The molecule has 6 heteroatoms. The number of halogens is 2. The van der Waals surface area contributed by atoms with Crippen LogP contribution in [0.4, 0.5) is 8.78 Å². The van der Waals surface area contributed by atoms with E-state index in [0.717, 1.165) is 12.1 Å². The molecule has 4 nitrogen and oxygen atoms in total. The molecule has 0 saturated carbocycles. The lowest BCUT2D eigenvalue weighted by Crippen LogP contribution is -2.28. The Hall–Kier alpha value is -1.98. The van der Waals surface area contributed by atoms with Gasteiger partial charge in [-0.25, -0.2) is 8.78 Å². The van der Waals surface area contributed by atoms with Gasteiger partial charge in [-0.1, -0.05) is 6.92 Å². The summed E-state index contributed by atoms with van der Waals surface area (Å²) in [6.45, 7) is 2.04. The maximum absolute atomic E-state index is 12.9. The number of aliphatic carboxylic acids is 1. The van der Waals surface area contributed by atoms with Crippen LogP contribution in [0.15, 0.2) is 18.2 Å². The number of carbonyl (C=O) groups excluding carboxylic acids is 1. The highest BCUT2D eigenvalue weighted by molar-refractivity contribution is 5.94. The number of carboxylic acid groups (broad SMARTS) is 1. The molecule has 0 heterocycles. The van der Waals surface area contributed by atoms with E-state index < -0.39 is 23.5 Å². The fourth-order valence-corrected chi connectivity index (χ4v) is 1.53. The van der Waals surface area contributed by atoms with Gasteiger partial charge in [-0.05, 0) is 24.5 Å². The van der Waals surface area contributed by atoms with Crippen LogP contribution in [0.1, 0.15) is 30.1 Å². The summed E-state index contributed by atoms with van der Waals surface area (Å²) < 4.78 is 25.8. The smallest absolute Gasteiger partial charge is 0.303 e. The van der Waals surface area contributed by atoms with Gasteiger partial charge < -0.3 is 10.4 Å². The van der Waals surface area contributed by atoms with Crippen molar-refractivity contribution < 1.29 is 23.5 Å². The second-order valence-electron chi connectivity index (χ2n) is 4.41. The summed E-state index contributed by atoms with van der Waals surface area (Å²) in [4.78, 5) is 22.0. The summed E-state index contributed by atoms with van der Waals surface area (Å²) in [6, 6.07) is 2.58. The number of benzene rings is 1. The van der Waals surface area contributed by atoms with Crippen molar-refractivity contribution in [2.75, 3.05) is 6.54 Å². The van der Waals surface area contributed by atoms with Crippen molar-refractivity contribution in [2.24, 2.45) is 5.92 Å². The van der Waals surface area contributed by atoms with Crippen molar-refractivity contribution >= 4 is 11.9 Å². The van der Waals surface area contributed by atoms with Crippen LogP contribution in [0.25, 0.3) is 0 Å². The minimum Gasteiger partial charge on any atom is -0.481 e. The molecule has 2 N–H and O–H groups in total. The molecule has 0 aliphatic carbocycles. The van der Waals surface area contributed by atoms with E-state index in [2.05, 4.69) is 5.32 Å². The van der Waals surface area contributed by atoms with E-state index in [1.807, 2.05) is 0 Å². The Morgan fingerprint density at radius 1 is 1.26 bits per heavy atom. The van der Waals surface area contributed by atoms with Gasteiger partial charge >= 0.3 is 5.97 Å². The van der Waals surface area contributed by atoms with Crippen LogP contribution in [0, 0.1) is 17.6 Å². The van der Waals surface area contributed by atoms with E-state index in [1.54, 1.807) is 6.92 Å². The van der Waals surface area contributed by atoms with Gasteiger partial charge in [-0.2, -0.15) is 0 Å². The molecule has 19 heavy (non-hydrogen) atoms. The van der Waals surface area contributed by atoms with Crippen LogP contribution >= 0.6 is 0 Å². The van der Waals surface area contributed by atoms with Gasteiger partial charge in [0, 0.05) is 24.6 Å². The standard InChI is InChI=1S/C13H15F2NO3/c1-8(2-3-12(17)18)7-16-13(19)9-4-10(14)6-11(15)5-9/h4-6,8H,2-3,7H2,1H3,(H,16,19)(H,17,18). The maximum atomic E-state index is 12.9. The Bertz CT molecular complexity index is 457. The van der Waals surface area contributed by atoms with E-state index in [4.69, 9.17) is 5.11 Å². The Kier molecular flexibility index (Phi) is 5.41. The lowest BCUT2D eigenvalue weighted by molar-refractivity contribution is -0.137. The summed E-state index contributed by atoms with van der Waals surface area (Å²) >= 11 is 0. The van der Waals surface area contributed by atoms with Crippen LogP contribution in [0.3, 0.4) is 0 Å². The molecule has 0 radical (unpaired) electrons. The first-order valence-corrected chi connectivity index (χ1v) is 5.84. The first-order chi connectivity index (χ1) is 8.88. The lowest BCUT2D eigenvalue weighted by Gasteiger charge is -2.11. The van der Waals surface area contributed by atoms with Gasteiger partial charge in [-0.3, -0.25) is 9.59 Å². The zero-order chi connectivity index (χ0) is 14.4. The minimum absolute atomic E-state index is 0.0195. The molecule has 104 valence electrons. The van der Waals surface area contributed by atoms with Crippen molar-refractivity contribution in [3.05, 3.63) is 35.4 Å². The zero-order valence-electron chi connectivity index (χ0n) is 10.5. The van der Waals surface area contributed by atoms with Gasteiger partial charge in [0.15, 0.2) is 0 Å². The quantitative estimate of drug-likeness (QED) is 0.833. The fourth-order valence-electron chi connectivity index (χ4n) is 1.53. The van der Waals surface area contributed by atoms with Crippen LogP contribution in [0.2, 0.25) is 0 Å². The Morgan fingerprint density at radius 2 is 1.84 bits per heavy atom. The number of carboxylic acids is 1. The number of carbonyl (C=O) groups is 2. The third kappa shape index (κ3) is 5.46. The minimum atomic E-state index is -0.898. The third-order valence-electron chi connectivity index (χ3n) is 2.59. The SMILES string of the molecule is CC(CCC(=O)O)CNC(=O)c1cc(F)cc(F)c1. The monoisotopic (exact) mass is 271 g/mol. The van der Waals surface area contributed by atoms with E-state index >= 15 is 0 Å². The average Bonchev–Trinajstić information content (AvgIpc) is 2.32. The molecule has 0 aliphatic heterocycles. The zero-order valence-corrected chi connectivity index (χ0v) is 10.5. The number of hydrogen-bond acceptors (Lipinski definition) is 2. The average molecular weight is 271 g/mol. The Labute approximate surface area is 109 Å². The molecule has 0 aliphatic rings. The van der Waals surface area contributed by atoms with Crippen molar-refractivity contribution in [1.82, 2.24) is 5.32 Å². The van der Waals surface area contributed by atoms with Gasteiger partial charge in [-0.15, -0.1) is 0 Å². The first-order valence-electron chi connectivity index (χ1n) is 5.84. The molecule has 1 amide bonds. The Morgan fingerprint density at radius 3 is 2.37 bits per heavy atom. The predicted molar refractivity (Wildman–Crippen MR) is 64.7 cm³/mol. The predicted octanol–water partition coefficient (Wildman–Crippen LogP) is 2.20. The highest BCUT2D eigenvalue weighted by atomic mass is 19.1. The molecular formula is C13H15F2NO3. The van der Waals surface area contributed by atoms with E-state index in [-0.39, 0.29) is 24.4 Å². The molecule has 0 fully saturated rings. The van der Waals surface area contributed by atoms with Gasteiger partial charge in [0.2, 0.25) is 0 Å². The summed E-state index contributed by atoms with van der Waals surface area (Å²) in [5.74, 6) is -3.14. The summed E-state index contributed by atoms with van der Waals surface area (Å²) in [5, 5.41) is 11.0. The molecular weight excluding hydrogens is 256 g/mol. The largest absolute Gasteiger partial charge is 0.481 e. The number of amides is 1. The summed E-state index contributed by atoms with van der Waals surface area (Å²) in [6.07, 6.45) is 0.443. The molecule has 0 aromatic heterocycles. The number of hydrogen-bond donors (Lipinski definition) is 2. The normalized spacial score (nSPS) is 11.9.